The van der Waals surface area contributed by atoms with E-state index in [1.807, 2.05) is 0 Å². The van der Waals surface area contributed by atoms with Crippen molar-refractivity contribution < 1.29 is 18.3 Å². The molecule has 122 valence electrons. The Morgan fingerprint density at radius 1 is 1.41 bits per heavy atom. The second kappa shape index (κ2) is 8.60. The van der Waals surface area contributed by atoms with Crippen LogP contribution in [0.15, 0.2) is 30.9 Å². The first kappa shape index (κ1) is 18.3. The van der Waals surface area contributed by atoms with Crippen molar-refractivity contribution in [1.82, 2.24) is 10.2 Å². The van der Waals surface area contributed by atoms with E-state index in [4.69, 9.17) is 4.74 Å². The molecular weight excluding hydrogens is 290 g/mol. The Morgan fingerprint density at radius 3 is 2.50 bits per heavy atom. The molecule has 0 radical (unpaired) electrons. The summed E-state index contributed by atoms with van der Waals surface area (Å²) in [5, 5.41) is 2.65. The minimum Gasteiger partial charge on any atom is -0.365 e. The Balaban J connectivity index is 2.78. The van der Waals surface area contributed by atoms with E-state index >= 15 is 0 Å². The molecule has 4 nitrogen and oxygen atoms in total. The summed E-state index contributed by atoms with van der Waals surface area (Å²) in [6.07, 6.45) is 0.882. The molecule has 2 atom stereocenters. The van der Waals surface area contributed by atoms with E-state index in [2.05, 4.69) is 11.9 Å². The maximum atomic E-state index is 13.9. The van der Waals surface area contributed by atoms with Gasteiger partial charge in [0.1, 0.15) is 17.7 Å². The van der Waals surface area contributed by atoms with E-state index in [1.54, 1.807) is 32.0 Å². The molecule has 0 spiro atoms. The van der Waals surface area contributed by atoms with Crippen molar-refractivity contribution in [2.75, 3.05) is 27.2 Å². The van der Waals surface area contributed by atoms with Gasteiger partial charge in [0.05, 0.1) is 12.6 Å². The number of nitrogens with zero attached hydrogens (tertiary/aromatic N) is 1. The maximum Gasteiger partial charge on any atom is 0.248 e. The lowest BCUT2D eigenvalue weighted by Gasteiger charge is -2.26. The summed E-state index contributed by atoms with van der Waals surface area (Å²) in [4.78, 5) is 13.6. The standard InChI is InChI=1S/C16H22F2N2O2/c1-5-9-22-11(2)16(21)19-10-14(20(3)4)15-12(17)7-6-8-13(15)18/h5-8,11,14H,1,9-10H2,2-4H3,(H,19,21)/t11-,14+/m1/s1. The van der Waals surface area contributed by atoms with Crippen LogP contribution in [0, 0.1) is 11.6 Å². The number of rotatable bonds is 8. The predicted molar refractivity (Wildman–Crippen MR) is 81.4 cm³/mol. The molecule has 0 saturated heterocycles. The molecule has 0 aromatic heterocycles. The molecular formula is C16H22F2N2O2. The maximum absolute atomic E-state index is 13.9. The van der Waals surface area contributed by atoms with Crippen LogP contribution in [0.25, 0.3) is 0 Å². The summed E-state index contributed by atoms with van der Waals surface area (Å²) in [5.41, 5.74) is -0.0625. The van der Waals surface area contributed by atoms with Gasteiger partial charge in [-0.2, -0.15) is 0 Å². The zero-order chi connectivity index (χ0) is 16.7. The van der Waals surface area contributed by atoms with Gasteiger partial charge in [0.2, 0.25) is 5.91 Å². The van der Waals surface area contributed by atoms with Gasteiger partial charge in [0.25, 0.3) is 0 Å². The van der Waals surface area contributed by atoms with Gasteiger partial charge in [0, 0.05) is 12.1 Å². The highest BCUT2D eigenvalue weighted by atomic mass is 19.1. The molecule has 1 N–H and O–H groups in total. The third kappa shape index (κ3) is 4.89. The fraction of sp³-hybridized carbons (Fsp3) is 0.438. The number of benzene rings is 1. The topological polar surface area (TPSA) is 41.6 Å². The number of carbonyl (C=O) groups is 1. The van der Waals surface area contributed by atoms with Crippen molar-refractivity contribution in [3.63, 3.8) is 0 Å². The van der Waals surface area contributed by atoms with Crippen LogP contribution in [-0.4, -0.2) is 44.2 Å². The van der Waals surface area contributed by atoms with Crippen LogP contribution >= 0.6 is 0 Å². The van der Waals surface area contributed by atoms with Crippen molar-refractivity contribution in [2.24, 2.45) is 0 Å². The lowest BCUT2D eigenvalue weighted by molar-refractivity contribution is -0.131. The minimum absolute atomic E-state index is 0.0625. The number of hydrogen-bond donors (Lipinski definition) is 1. The van der Waals surface area contributed by atoms with Crippen LogP contribution in [0.5, 0.6) is 0 Å². The summed E-state index contributed by atoms with van der Waals surface area (Å²) >= 11 is 0. The average molecular weight is 312 g/mol. The lowest BCUT2D eigenvalue weighted by Crippen LogP contribution is -2.40. The molecule has 0 saturated carbocycles. The van der Waals surface area contributed by atoms with E-state index < -0.39 is 23.8 Å². The van der Waals surface area contributed by atoms with Crippen LogP contribution in [-0.2, 0) is 9.53 Å². The molecule has 22 heavy (non-hydrogen) atoms. The highest BCUT2D eigenvalue weighted by molar-refractivity contribution is 5.80. The molecule has 6 heteroatoms. The Labute approximate surface area is 129 Å². The SMILES string of the molecule is C=CCO[C@H](C)C(=O)NC[C@@H](c1c(F)cccc1F)N(C)C. The molecule has 0 heterocycles. The van der Waals surface area contributed by atoms with Crippen molar-refractivity contribution in [2.45, 2.75) is 19.1 Å². The van der Waals surface area contributed by atoms with Crippen LogP contribution in [0.3, 0.4) is 0 Å². The van der Waals surface area contributed by atoms with Gasteiger partial charge >= 0.3 is 0 Å². The third-order valence-corrected chi connectivity index (χ3v) is 3.26. The summed E-state index contributed by atoms with van der Waals surface area (Å²) in [7, 11) is 3.39. The van der Waals surface area contributed by atoms with E-state index in [1.165, 1.54) is 18.2 Å². The van der Waals surface area contributed by atoms with Crippen molar-refractivity contribution in [3.8, 4) is 0 Å². The highest BCUT2D eigenvalue weighted by Gasteiger charge is 2.23. The second-order valence-electron chi connectivity index (χ2n) is 5.12. The first-order chi connectivity index (χ1) is 10.4. The first-order valence-corrected chi connectivity index (χ1v) is 6.99. The fourth-order valence-electron chi connectivity index (χ4n) is 2.00. The van der Waals surface area contributed by atoms with E-state index in [9.17, 15) is 13.6 Å². The molecule has 1 aromatic carbocycles. The van der Waals surface area contributed by atoms with Crippen molar-refractivity contribution in [3.05, 3.63) is 48.1 Å². The second-order valence-corrected chi connectivity index (χ2v) is 5.12. The van der Waals surface area contributed by atoms with Gasteiger partial charge < -0.3 is 15.0 Å². The smallest absolute Gasteiger partial charge is 0.248 e. The van der Waals surface area contributed by atoms with Crippen molar-refractivity contribution >= 4 is 5.91 Å². The van der Waals surface area contributed by atoms with Gasteiger partial charge in [-0.25, -0.2) is 8.78 Å². The van der Waals surface area contributed by atoms with E-state index in [-0.39, 0.29) is 24.6 Å². The predicted octanol–water partition coefficient (Wildman–Crippen LogP) is 2.27. The molecule has 0 aliphatic carbocycles. The zero-order valence-corrected chi connectivity index (χ0v) is 13.1. The third-order valence-electron chi connectivity index (χ3n) is 3.26. The molecule has 0 unspecified atom stereocenters. The highest BCUT2D eigenvalue weighted by Crippen LogP contribution is 2.23. The first-order valence-electron chi connectivity index (χ1n) is 6.99. The van der Waals surface area contributed by atoms with Gasteiger partial charge in [-0.15, -0.1) is 6.58 Å². The van der Waals surface area contributed by atoms with Gasteiger partial charge in [0.15, 0.2) is 0 Å². The monoisotopic (exact) mass is 312 g/mol. The van der Waals surface area contributed by atoms with Crippen LogP contribution in [0.1, 0.15) is 18.5 Å². The van der Waals surface area contributed by atoms with Gasteiger partial charge in [-0.1, -0.05) is 12.1 Å². The number of nitrogens with one attached hydrogen (secondary N) is 1. The number of hydrogen-bond acceptors (Lipinski definition) is 3. The summed E-state index contributed by atoms with van der Waals surface area (Å²) < 4.78 is 33.0. The summed E-state index contributed by atoms with van der Waals surface area (Å²) in [6.45, 7) is 5.44. The zero-order valence-electron chi connectivity index (χ0n) is 13.1. The average Bonchev–Trinajstić information content (AvgIpc) is 2.46. The van der Waals surface area contributed by atoms with E-state index in [0.29, 0.717) is 0 Å². The number of ether oxygens (including phenoxy) is 1. The molecule has 0 aliphatic heterocycles. The van der Waals surface area contributed by atoms with Crippen LogP contribution in [0.2, 0.25) is 0 Å². The molecule has 1 amide bonds. The Kier molecular flexibility index (Phi) is 7.14. The van der Waals surface area contributed by atoms with Crippen LogP contribution in [0.4, 0.5) is 8.78 Å². The minimum atomic E-state index is -0.661. The Morgan fingerprint density at radius 2 is 2.00 bits per heavy atom. The Bertz CT molecular complexity index is 501. The largest absolute Gasteiger partial charge is 0.365 e. The Hall–Kier alpha value is -1.79. The molecule has 1 rings (SSSR count). The number of amides is 1. The van der Waals surface area contributed by atoms with Gasteiger partial charge in [-0.3, -0.25) is 4.79 Å². The molecule has 0 fully saturated rings. The molecule has 0 bridgehead atoms. The number of likely N-dealkylation sites (N-methyl/N-ethyl adjacent to an activating group) is 1. The lowest BCUT2D eigenvalue weighted by atomic mass is 10.0. The molecule has 0 aliphatic rings. The fourth-order valence-corrected chi connectivity index (χ4v) is 2.00. The van der Waals surface area contributed by atoms with E-state index in [0.717, 1.165) is 0 Å². The summed E-state index contributed by atoms with van der Waals surface area (Å²) in [6, 6.07) is 3.10. The number of halogens is 2. The van der Waals surface area contributed by atoms with Crippen molar-refractivity contribution in [1.29, 1.82) is 0 Å². The van der Waals surface area contributed by atoms with Crippen LogP contribution < -0.4 is 5.32 Å². The molecule has 1 aromatic rings. The van der Waals surface area contributed by atoms with Gasteiger partial charge in [-0.05, 0) is 33.2 Å². The quantitative estimate of drug-likeness (QED) is 0.749. The number of carbonyl (C=O) groups excluding carboxylic acids is 1. The summed E-state index contributed by atoms with van der Waals surface area (Å²) in [5.74, 6) is -1.61. The normalized spacial score (nSPS) is 13.7.